The van der Waals surface area contributed by atoms with E-state index in [1.807, 2.05) is 12.1 Å². The molecule has 4 nitrogen and oxygen atoms in total. The third-order valence-electron chi connectivity index (χ3n) is 4.13. The van der Waals surface area contributed by atoms with E-state index in [-0.39, 0.29) is 23.1 Å². The van der Waals surface area contributed by atoms with E-state index in [2.05, 4.69) is 0 Å². The minimum absolute atomic E-state index is 0.0156. The number of hydrogen-bond acceptors (Lipinski definition) is 4. The van der Waals surface area contributed by atoms with E-state index in [1.165, 1.54) is 12.1 Å². The van der Waals surface area contributed by atoms with Gasteiger partial charge in [0.1, 0.15) is 23.3 Å². The topological polar surface area (TPSA) is 49.8 Å². The maximum atomic E-state index is 14.3. The lowest BCUT2D eigenvalue weighted by Gasteiger charge is -2.34. The molecule has 1 aliphatic rings. The highest BCUT2D eigenvalue weighted by Gasteiger charge is 2.25. The molecule has 0 bridgehead atoms. The summed E-state index contributed by atoms with van der Waals surface area (Å²) >= 11 is 5.85. The monoisotopic (exact) mass is 349 g/mol. The molecule has 1 fully saturated rings. The second-order valence-corrected chi connectivity index (χ2v) is 6.15. The summed E-state index contributed by atoms with van der Waals surface area (Å²) in [5, 5.41) is 10.6. The van der Waals surface area contributed by atoms with Gasteiger partial charge >= 0.3 is 0 Å². The van der Waals surface area contributed by atoms with Crippen molar-refractivity contribution >= 4 is 23.6 Å². The molecule has 0 atom stereocenters. The number of ether oxygens (including phenoxy) is 1. The number of carbonyl (C=O) groups excluding carboxylic acids is 1. The first-order valence-corrected chi connectivity index (χ1v) is 8.10. The lowest BCUT2D eigenvalue weighted by Crippen LogP contribution is -2.38. The zero-order valence-electron chi connectivity index (χ0n) is 12.9. The van der Waals surface area contributed by atoms with Gasteiger partial charge in [0.15, 0.2) is 12.1 Å². The van der Waals surface area contributed by atoms with Gasteiger partial charge in [-0.3, -0.25) is 4.79 Å². The molecule has 1 heterocycles. The van der Waals surface area contributed by atoms with Crippen LogP contribution < -0.4 is 9.64 Å². The van der Waals surface area contributed by atoms with Crippen LogP contribution in [-0.4, -0.2) is 30.6 Å². The highest BCUT2D eigenvalue weighted by Crippen LogP contribution is 2.34. The molecule has 2 aromatic carbocycles. The first-order chi connectivity index (χ1) is 11.6. The van der Waals surface area contributed by atoms with Crippen molar-refractivity contribution in [1.82, 2.24) is 0 Å². The Kier molecular flexibility index (Phi) is 4.90. The van der Waals surface area contributed by atoms with Crippen molar-refractivity contribution in [3.63, 3.8) is 0 Å². The average Bonchev–Trinajstić information content (AvgIpc) is 2.59. The number of phenols is 1. The third-order valence-corrected chi connectivity index (χ3v) is 4.38. The molecule has 2 aromatic rings. The first-order valence-electron chi connectivity index (χ1n) is 7.72. The van der Waals surface area contributed by atoms with Crippen LogP contribution in [0.5, 0.6) is 11.5 Å². The van der Waals surface area contributed by atoms with Gasteiger partial charge in [-0.05, 0) is 36.4 Å². The second kappa shape index (κ2) is 7.09. The Morgan fingerprint density at radius 1 is 1.17 bits per heavy atom. The number of piperidine rings is 1. The van der Waals surface area contributed by atoms with Crippen molar-refractivity contribution in [1.29, 1.82) is 0 Å². The zero-order chi connectivity index (χ0) is 17.1. The lowest BCUT2D eigenvalue weighted by molar-refractivity contribution is 0.111. The molecule has 0 spiro atoms. The van der Waals surface area contributed by atoms with E-state index in [0.717, 1.165) is 5.75 Å². The predicted octanol–water partition coefficient (Wildman–Crippen LogP) is 4.05. The molecule has 1 aliphatic heterocycles. The van der Waals surface area contributed by atoms with Crippen LogP contribution in [0.3, 0.4) is 0 Å². The van der Waals surface area contributed by atoms with Gasteiger partial charge in [-0.25, -0.2) is 4.39 Å². The van der Waals surface area contributed by atoms with Crippen LogP contribution in [-0.2, 0) is 0 Å². The molecule has 3 rings (SSSR count). The van der Waals surface area contributed by atoms with Crippen molar-refractivity contribution < 1.29 is 19.0 Å². The quantitative estimate of drug-likeness (QED) is 0.846. The molecule has 0 amide bonds. The van der Waals surface area contributed by atoms with Crippen LogP contribution in [0, 0.1) is 5.82 Å². The number of phenolic OH excluding ortho intramolecular Hbond substituents is 1. The summed E-state index contributed by atoms with van der Waals surface area (Å²) in [7, 11) is 0. The van der Waals surface area contributed by atoms with Crippen LogP contribution in [0.15, 0.2) is 36.4 Å². The fourth-order valence-electron chi connectivity index (χ4n) is 2.86. The highest BCUT2D eigenvalue weighted by molar-refractivity contribution is 6.30. The Morgan fingerprint density at radius 3 is 2.46 bits per heavy atom. The summed E-state index contributed by atoms with van der Waals surface area (Å²) in [5.41, 5.74) is 0.0341. The minimum Gasteiger partial charge on any atom is -0.506 e. The van der Waals surface area contributed by atoms with Crippen LogP contribution in [0.1, 0.15) is 23.2 Å². The number of benzene rings is 2. The van der Waals surface area contributed by atoms with Gasteiger partial charge in [-0.15, -0.1) is 0 Å². The first kappa shape index (κ1) is 16.6. The van der Waals surface area contributed by atoms with Gasteiger partial charge in [-0.2, -0.15) is 0 Å². The zero-order valence-corrected chi connectivity index (χ0v) is 13.7. The number of carbonyl (C=O) groups is 1. The molecular weight excluding hydrogens is 333 g/mol. The van der Waals surface area contributed by atoms with E-state index in [0.29, 0.717) is 37.2 Å². The van der Waals surface area contributed by atoms with Gasteiger partial charge in [0.2, 0.25) is 0 Å². The van der Waals surface area contributed by atoms with Crippen LogP contribution in [0.25, 0.3) is 0 Å². The number of aldehydes is 1. The largest absolute Gasteiger partial charge is 0.506 e. The normalized spacial score (nSPS) is 15.3. The highest BCUT2D eigenvalue weighted by atomic mass is 35.5. The van der Waals surface area contributed by atoms with Crippen LogP contribution in [0.4, 0.5) is 10.1 Å². The van der Waals surface area contributed by atoms with Gasteiger partial charge < -0.3 is 14.7 Å². The Labute approximate surface area is 144 Å². The molecule has 0 aliphatic carbocycles. The Bertz CT molecular complexity index is 728. The third kappa shape index (κ3) is 3.46. The summed E-state index contributed by atoms with van der Waals surface area (Å²) in [6, 6.07) is 9.78. The fraction of sp³-hybridized carbons (Fsp3) is 0.278. The molecule has 0 saturated carbocycles. The fourth-order valence-corrected chi connectivity index (χ4v) is 2.99. The smallest absolute Gasteiger partial charge is 0.160 e. The van der Waals surface area contributed by atoms with Crippen molar-refractivity contribution in [2.24, 2.45) is 0 Å². The van der Waals surface area contributed by atoms with Crippen LogP contribution in [0.2, 0.25) is 5.02 Å². The molecule has 0 radical (unpaired) electrons. The van der Waals surface area contributed by atoms with Gasteiger partial charge in [-0.1, -0.05) is 11.6 Å². The standard InChI is InChI=1S/C18H17ClFNO3/c19-13-2-4-14(5-3-13)24-15-7-9-21(10-8-15)18-16(23)6-1-12(11-22)17(18)20/h1-6,11,15,23H,7-10H2. The maximum Gasteiger partial charge on any atom is 0.160 e. The molecule has 0 unspecified atom stereocenters. The van der Waals surface area contributed by atoms with Crippen LogP contribution >= 0.6 is 11.6 Å². The minimum atomic E-state index is -0.679. The summed E-state index contributed by atoms with van der Waals surface area (Å²) in [6.07, 6.45) is 1.84. The van der Waals surface area contributed by atoms with Gasteiger partial charge in [0.25, 0.3) is 0 Å². The molecule has 1 saturated heterocycles. The number of halogens is 2. The molecule has 24 heavy (non-hydrogen) atoms. The van der Waals surface area contributed by atoms with Crippen molar-refractivity contribution in [3.05, 3.63) is 52.8 Å². The van der Waals surface area contributed by atoms with Crippen molar-refractivity contribution in [2.75, 3.05) is 18.0 Å². The van der Waals surface area contributed by atoms with E-state index >= 15 is 0 Å². The van der Waals surface area contributed by atoms with Crippen molar-refractivity contribution in [2.45, 2.75) is 18.9 Å². The maximum absolute atomic E-state index is 14.3. The van der Waals surface area contributed by atoms with Crippen molar-refractivity contribution in [3.8, 4) is 11.5 Å². The number of rotatable bonds is 4. The number of aromatic hydroxyl groups is 1. The molecule has 1 N–H and O–H groups in total. The Balaban J connectivity index is 1.67. The van der Waals surface area contributed by atoms with E-state index < -0.39 is 5.82 Å². The number of anilines is 1. The molecule has 0 aromatic heterocycles. The van der Waals surface area contributed by atoms with E-state index in [9.17, 15) is 14.3 Å². The van der Waals surface area contributed by atoms with E-state index in [1.54, 1.807) is 17.0 Å². The van der Waals surface area contributed by atoms with Gasteiger partial charge in [0, 0.05) is 31.0 Å². The Hall–Kier alpha value is -2.27. The van der Waals surface area contributed by atoms with Gasteiger partial charge in [0.05, 0.1) is 5.56 Å². The lowest BCUT2D eigenvalue weighted by atomic mass is 10.1. The summed E-state index contributed by atoms with van der Waals surface area (Å²) < 4.78 is 20.2. The number of hydrogen-bond donors (Lipinski definition) is 1. The molecule has 126 valence electrons. The number of nitrogens with zero attached hydrogens (tertiary/aromatic N) is 1. The average molecular weight is 350 g/mol. The van der Waals surface area contributed by atoms with E-state index in [4.69, 9.17) is 16.3 Å². The molecule has 6 heteroatoms. The SMILES string of the molecule is O=Cc1ccc(O)c(N2CCC(Oc3ccc(Cl)cc3)CC2)c1F. The second-order valence-electron chi connectivity index (χ2n) is 5.71. The summed E-state index contributed by atoms with van der Waals surface area (Å²) in [5.74, 6) is -0.0907. The summed E-state index contributed by atoms with van der Waals surface area (Å²) in [4.78, 5) is 12.6. The predicted molar refractivity (Wildman–Crippen MR) is 90.8 cm³/mol. The Morgan fingerprint density at radius 2 is 1.83 bits per heavy atom. The summed E-state index contributed by atoms with van der Waals surface area (Å²) in [6.45, 7) is 1.07. The molecular formula is C18H17ClFNO3.